The van der Waals surface area contributed by atoms with Crippen molar-refractivity contribution < 1.29 is 18.0 Å². The first-order valence-electron chi connectivity index (χ1n) is 6.50. The summed E-state index contributed by atoms with van der Waals surface area (Å²) >= 11 is 0. The summed E-state index contributed by atoms with van der Waals surface area (Å²) in [5.41, 5.74) is 1.68. The van der Waals surface area contributed by atoms with E-state index in [2.05, 4.69) is 0 Å². The summed E-state index contributed by atoms with van der Waals surface area (Å²) in [5.74, 6) is -1.40. The van der Waals surface area contributed by atoms with Crippen LogP contribution in [-0.4, -0.2) is 5.78 Å². The lowest BCUT2D eigenvalue weighted by Crippen LogP contribution is -2.04. The molecule has 0 saturated heterocycles. The van der Waals surface area contributed by atoms with Crippen molar-refractivity contribution in [2.45, 2.75) is 13.3 Å². The molecular weight excluding hydrogens is 274 g/mol. The van der Waals surface area contributed by atoms with Gasteiger partial charge in [-0.2, -0.15) is 0 Å². The monoisotopic (exact) mass is 286 g/mol. The summed E-state index contributed by atoms with van der Waals surface area (Å²) in [5, 5.41) is 0.818. The Bertz CT molecular complexity index is 834. The van der Waals surface area contributed by atoms with Crippen LogP contribution >= 0.6 is 0 Å². The van der Waals surface area contributed by atoms with Crippen LogP contribution in [0, 0.1) is 18.6 Å². The summed E-state index contributed by atoms with van der Waals surface area (Å²) in [6.07, 6.45) is -0.234. The van der Waals surface area contributed by atoms with Gasteiger partial charge in [0.15, 0.2) is 5.76 Å². The number of fused-ring (bicyclic) bond motifs is 1. The highest BCUT2D eigenvalue weighted by atomic mass is 19.1. The molecule has 0 aliphatic carbocycles. The molecule has 2 nitrogen and oxygen atoms in total. The van der Waals surface area contributed by atoms with E-state index in [9.17, 15) is 13.6 Å². The van der Waals surface area contributed by atoms with Crippen molar-refractivity contribution in [3.8, 4) is 0 Å². The highest BCUT2D eigenvalue weighted by molar-refractivity contribution is 5.98. The van der Waals surface area contributed by atoms with Gasteiger partial charge in [-0.05, 0) is 48.9 Å². The molecule has 0 bridgehead atoms. The zero-order chi connectivity index (χ0) is 15.0. The number of Topliss-reactive ketones (excluding diaryl/α,β-unsaturated/α-hetero) is 1. The number of furan rings is 1. The molecule has 0 saturated carbocycles. The van der Waals surface area contributed by atoms with Gasteiger partial charge in [0.2, 0.25) is 5.78 Å². The van der Waals surface area contributed by atoms with Crippen LogP contribution in [0.4, 0.5) is 8.78 Å². The lowest BCUT2D eigenvalue weighted by Gasteiger charge is -2.01. The Hall–Kier alpha value is -2.49. The maximum atomic E-state index is 13.6. The van der Waals surface area contributed by atoms with Gasteiger partial charge in [0.05, 0.1) is 0 Å². The average Bonchev–Trinajstić information content (AvgIpc) is 2.86. The van der Waals surface area contributed by atoms with Crippen molar-refractivity contribution in [1.29, 1.82) is 0 Å². The smallest absolute Gasteiger partial charge is 0.202 e. The van der Waals surface area contributed by atoms with Crippen LogP contribution in [0.3, 0.4) is 0 Å². The number of carbonyl (C=O) groups is 1. The minimum Gasteiger partial charge on any atom is -0.453 e. The molecule has 3 aromatic rings. The van der Waals surface area contributed by atoms with Gasteiger partial charge in [0.1, 0.15) is 17.2 Å². The van der Waals surface area contributed by atoms with E-state index in [0.29, 0.717) is 5.58 Å². The molecule has 2 aromatic carbocycles. The average molecular weight is 286 g/mol. The quantitative estimate of drug-likeness (QED) is 0.666. The summed E-state index contributed by atoms with van der Waals surface area (Å²) < 4.78 is 32.1. The van der Waals surface area contributed by atoms with Crippen molar-refractivity contribution in [2.24, 2.45) is 0 Å². The molecule has 0 spiro atoms. The second kappa shape index (κ2) is 5.13. The van der Waals surface area contributed by atoms with Crippen LogP contribution in [-0.2, 0) is 6.42 Å². The standard InChI is InChI=1S/C17H12F2O2/c1-10-2-5-16-12(6-10)9-17(21-16)15(20)8-11-7-13(18)3-4-14(11)19/h2-7,9H,8H2,1H3. The number of hydrogen-bond donors (Lipinski definition) is 0. The van der Waals surface area contributed by atoms with E-state index in [-0.39, 0.29) is 23.5 Å². The molecule has 0 radical (unpaired) electrons. The minimum atomic E-state index is -0.600. The first-order chi connectivity index (χ1) is 10.0. The van der Waals surface area contributed by atoms with E-state index in [4.69, 9.17) is 4.42 Å². The Morgan fingerprint density at radius 3 is 2.71 bits per heavy atom. The molecule has 4 heteroatoms. The zero-order valence-corrected chi connectivity index (χ0v) is 11.3. The number of aryl methyl sites for hydroxylation is 1. The van der Waals surface area contributed by atoms with Crippen LogP contribution < -0.4 is 0 Å². The summed E-state index contributed by atoms with van der Waals surface area (Å²) in [4.78, 5) is 12.1. The van der Waals surface area contributed by atoms with Gasteiger partial charge in [0, 0.05) is 11.8 Å². The fourth-order valence-electron chi connectivity index (χ4n) is 2.24. The third kappa shape index (κ3) is 2.70. The van der Waals surface area contributed by atoms with E-state index >= 15 is 0 Å². The number of benzene rings is 2. The Morgan fingerprint density at radius 1 is 1.10 bits per heavy atom. The number of hydrogen-bond acceptors (Lipinski definition) is 2. The first-order valence-corrected chi connectivity index (χ1v) is 6.50. The highest BCUT2D eigenvalue weighted by Gasteiger charge is 2.15. The predicted molar refractivity (Wildman–Crippen MR) is 75.3 cm³/mol. The summed E-state index contributed by atoms with van der Waals surface area (Å²) in [6.45, 7) is 1.94. The molecule has 0 atom stereocenters. The molecule has 106 valence electrons. The largest absolute Gasteiger partial charge is 0.453 e. The Kier molecular flexibility index (Phi) is 3.29. The summed E-state index contributed by atoms with van der Waals surface area (Å²) in [7, 11) is 0. The van der Waals surface area contributed by atoms with Gasteiger partial charge in [-0.15, -0.1) is 0 Å². The molecule has 0 unspecified atom stereocenters. The van der Waals surface area contributed by atoms with E-state index < -0.39 is 11.6 Å². The van der Waals surface area contributed by atoms with Crippen LogP contribution in [0.1, 0.15) is 21.7 Å². The van der Waals surface area contributed by atoms with Crippen molar-refractivity contribution >= 4 is 16.8 Å². The van der Waals surface area contributed by atoms with Gasteiger partial charge in [-0.25, -0.2) is 8.78 Å². The fourth-order valence-corrected chi connectivity index (χ4v) is 2.24. The number of halogens is 2. The lowest BCUT2D eigenvalue weighted by molar-refractivity contribution is 0.0967. The van der Waals surface area contributed by atoms with Gasteiger partial charge in [0.25, 0.3) is 0 Å². The predicted octanol–water partition coefficient (Wildman–Crippen LogP) is 4.44. The third-order valence-electron chi connectivity index (χ3n) is 3.31. The molecule has 21 heavy (non-hydrogen) atoms. The fraction of sp³-hybridized carbons (Fsp3) is 0.118. The second-order valence-corrected chi connectivity index (χ2v) is 4.99. The normalized spacial score (nSPS) is 11.0. The van der Waals surface area contributed by atoms with Crippen LogP contribution in [0.15, 0.2) is 46.9 Å². The number of rotatable bonds is 3. The maximum absolute atomic E-state index is 13.6. The van der Waals surface area contributed by atoms with E-state index in [1.807, 2.05) is 19.1 Å². The Balaban J connectivity index is 1.91. The molecule has 0 aliphatic rings. The second-order valence-electron chi connectivity index (χ2n) is 4.99. The summed E-state index contributed by atoms with van der Waals surface area (Å²) in [6, 6.07) is 10.3. The van der Waals surface area contributed by atoms with E-state index in [1.165, 1.54) is 0 Å². The Morgan fingerprint density at radius 2 is 1.90 bits per heavy atom. The third-order valence-corrected chi connectivity index (χ3v) is 3.31. The first kappa shape index (κ1) is 13.5. The lowest BCUT2D eigenvalue weighted by atomic mass is 10.1. The molecule has 0 fully saturated rings. The van der Waals surface area contributed by atoms with E-state index in [1.54, 1.807) is 12.1 Å². The molecule has 0 amide bonds. The van der Waals surface area contributed by atoms with Gasteiger partial charge in [-0.1, -0.05) is 11.6 Å². The van der Waals surface area contributed by atoms with Gasteiger partial charge < -0.3 is 4.42 Å². The van der Waals surface area contributed by atoms with Crippen molar-refractivity contribution in [1.82, 2.24) is 0 Å². The van der Waals surface area contributed by atoms with Crippen molar-refractivity contribution in [3.63, 3.8) is 0 Å². The Labute approximate surface area is 120 Å². The maximum Gasteiger partial charge on any atom is 0.202 e. The molecule has 0 aliphatic heterocycles. The van der Waals surface area contributed by atoms with Gasteiger partial charge >= 0.3 is 0 Å². The van der Waals surface area contributed by atoms with Crippen LogP contribution in [0.2, 0.25) is 0 Å². The van der Waals surface area contributed by atoms with Crippen molar-refractivity contribution in [2.75, 3.05) is 0 Å². The number of carbonyl (C=O) groups excluding carboxylic acids is 1. The van der Waals surface area contributed by atoms with E-state index in [0.717, 1.165) is 29.1 Å². The molecule has 1 heterocycles. The minimum absolute atomic E-state index is 0.0247. The highest BCUT2D eigenvalue weighted by Crippen LogP contribution is 2.22. The molecule has 1 aromatic heterocycles. The van der Waals surface area contributed by atoms with Gasteiger partial charge in [-0.3, -0.25) is 4.79 Å². The SMILES string of the molecule is Cc1ccc2oc(C(=O)Cc3cc(F)ccc3F)cc2c1. The molecule has 0 N–H and O–H groups in total. The molecule has 3 rings (SSSR count). The van der Waals surface area contributed by atoms with Crippen molar-refractivity contribution in [3.05, 3.63) is 71.0 Å². The van der Waals surface area contributed by atoms with Crippen LogP contribution in [0.25, 0.3) is 11.0 Å². The zero-order valence-electron chi connectivity index (χ0n) is 11.3. The molecular formula is C17H12F2O2. The number of ketones is 1. The topological polar surface area (TPSA) is 30.2 Å². The van der Waals surface area contributed by atoms with Crippen LogP contribution in [0.5, 0.6) is 0 Å².